The predicted octanol–water partition coefficient (Wildman–Crippen LogP) is 2.28. The molecule has 0 aliphatic heterocycles. The largest absolute Gasteiger partial charge is 0.319 e. The maximum atomic E-state index is 12.2. The molecule has 1 aromatic carbocycles. The fourth-order valence-electron chi connectivity index (χ4n) is 0.991. The second kappa shape index (κ2) is 5.57. The van der Waals surface area contributed by atoms with Crippen LogP contribution in [0.2, 0.25) is 0 Å². The van der Waals surface area contributed by atoms with Gasteiger partial charge >= 0.3 is 0 Å². The summed E-state index contributed by atoms with van der Waals surface area (Å²) in [5, 5.41) is 10.3. The molecule has 0 heterocycles. The molecule has 0 saturated carbocycles. The molecule has 0 radical (unpaired) electrons. The molecular formula is C8H9ClF2N2O2. The van der Waals surface area contributed by atoms with Crippen molar-refractivity contribution in [3.63, 3.8) is 0 Å². The van der Waals surface area contributed by atoms with Crippen molar-refractivity contribution in [1.82, 2.24) is 0 Å². The third-order valence-corrected chi connectivity index (χ3v) is 1.74. The van der Waals surface area contributed by atoms with E-state index in [1.165, 1.54) is 18.2 Å². The summed E-state index contributed by atoms with van der Waals surface area (Å²) in [5.74, 6) is 0. The van der Waals surface area contributed by atoms with Crippen LogP contribution in [0.5, 0.6) is 0 Å². The van der Waals surface area contributed by atoms with E-state index >= 15 is 0 Å². The maximum Gasteiger partial charge on any atom is 0.269 e. The molecule has 0 fully saturated rings. The first-order valence-electron chi connectivity index (χ1n) is 3.80. The standard InChI is InChI=1S/C8H8F2N2O2.ClH/c9-8(10)7(11)5-2-1-3-6(4-5)12(13)14;/h1-4,7-8H,11H2;1H/t7-;/m0./s1. The van der Waals surface area contributed by atoms with Crippen LogP contribution in [0.15, 0.2) is 24.3 Å². The first-order valence-corrected chi connectivity index (χ1v) is 3.80. The van der Waals surface area contributed by atoms with E-state index in [-0.39, 0.29) is 23.7 Å². The number of nitro groups is 1. The Hall–Kier alpha value is -1.27. The van der Waals surface area contributed by atoms with Gasteiger partial charge in [0.2, 0.25) is 0 Å². The lowest BCUT2D eigenvalue weighted by Gasteiger charge is -2.09. The van der Waals surface area contributed by atoms with Gasteiger partial charge in [-0.3, -0.25) is 10.1 Å². The number of nitro benzene ring substituents is 1. The molecule has 0 bridgehead atoms. The van der Waals surface area contributed by atoms with Crippen molar-refractivity contribution in [2.75, 3.05) is 0 Å². The second-order valence-corrected chi connectivity index (χ2v) is 2.71. The highest BCUT2D eigenvalue weighted by molar-refractivity contribution is 5.85. The molecule has 1 aromatic rings. The number of benzene rings is 1. The van der Waals surface area contributed by atoms with Gasteiger partial charge in [-0.2, -0.15) is 0 Å². The Balaban J connectivity index is 0.00000196. The molecule has 1 atom stereocenters. The Morgan fingerprint density at radius 1 is 1.40 bits per heavy atom. The van der Waals surface area contributed by atoms with Crippen LogP contribution in [0.4, 0.5) is 14.5 Å². The van der Waals surface area contributed by atoms with Crippen LogP contribution in [0.3, 0.4) is 0 Å². The molecular weight excluding hydrogens is 230 g/mol. The molecule has 0 spiro atoms. The van der Waals surface area contributed by atoms with Gasteiger partial charge in [0.25, 0.3) is 12.1 Å². The van der Waals surface area contributed by atoms with Gasteiger partial charge in [0.1, 0.15) is 0 Å². The third-order valence-electron chi connectivity index (χ3n) is 1.74. The number of hydrogen-bond donors (Lipinski definition) is 1. The van der Waals surface area contributed by atoms with E-state index in [1.54, 1.807) is 0 Å². The number of rotatable bonds is 3. The van der Waals surface area contributed by atoms with E-state index in [4.69, 9.17) is 5.73 Å². The normalized spacial score (nSPS) is 12.0. The minimum Gasteiger partial charge on any atom is -0.319 e. The molecule has 2 N–H and O–H groups in total. The minimum absolute atomic E-state index is 0. The van der Waals surface area contributed by atoms with Crippen LogP contribution < -0.4 is 5.73 Å². The fourth-order valence-corrected chi connectivity index (χ4v) is 0.991. The van der Waals surface area contributed by atoms with E-state index in [2.05, 4.69) is 0 Å². The number of hydrogen-bond acceptors (Lipinski definition) is 3. The highest BCUT2D eigenvalue weighted by atomic mass is 35.5. The zero-order chi connectivity index (χ0) is 10.7. The lowest BCUT2D eigenvalue weighted by Crippen LogP contribution is -2.18. The zero-order valence-electron chi connectivity index (χ0n) is 7.47. The summed E-state index contributed by atoms with van der Waals surface area (Å²) in [7, 11) is 0. The highest BCUT2D eigenvalue weighted by Crippen LogP contribution is 2.21. The van der Waals surface area contributed by atoms with E-state index in [0.717, 1.165) is 6.07 Å². The SMILES string of the molecule is Cl.N[C@@H](c1cccc([N+](=O)[O-])c1)C(F)F. The van der Waals surface area contributed by atoms with Crippen molar-refractivity contribution in [3.8, 4) is 0 Å². The van der Waals surface area contributed by atoms with E-state index in [0.29, 0.717) is 0 Å². The Kier molecular flexibility index (Phi) is 5.10. The minimum atomic E-state index is -2.72. The van der Waals surface area contributed by atoms with Crippen LogP contribution in [-0.4, -0.2) is 11.3 Å². The maximum absolute atomic E-state index is 12.2. The van der Waals surface area contributed by atoms with Crippen LogP contribution in [0.25, 0.3) is 0 Å². The molecule has 0 aliphatic rings. The molecule has 7 heteroatoms. The molecule has 0 aliphatic carbocycles. The van der Waals surface area contributed by atoms with Crippen molar-refractivity contribution in [1.29, 1.82) is 0 Å². The van der Waals surface area contributed by atoms with Gasteiger partial charge in [-0.05, 0) is 5.56 Å². The van der Waals surface area contributed by atoms with Gasteiger partial charge < -0.3 is 5.73 Å². The Bertz CT molecular complexity index is 349. The molecule has 0 unspecified atom stereocenters. The molecule has 0 saturated heterocycles. The average molecular weight is 239 g/mol. The predicted molar refractivity (Wildman–Crippen MR) is 53.3 cm³/mol. The molecule has 84 valence electrons. The summed E-state index contributed by atoms with van der Waals surface area (Å²) in [6.07, 6.45) is -2.72. The van der Waals surface area contributed by atoms with Crippen LogP contribution in [0, 0.1) is 10.1 Å². The number of alkyl halides is 2. The number of nitrogens with two attached hydrogens (primary N) is 1. The molecule has 0 amide bonds. The Labute approximate surface area is 90.6 Å². The summed E-state index contributed by atoms with van der Waals surface area (Å²) in [6, 6.07) is 3.47. The molecule has 4 nitrogen and oxygen atoms in total. The van der Waals surface area contributed by atoms with Gasteiger partial charge in [0.15, 0.2) is 0 Å². The van der Waals surface area contributed by atoms with Gasteiger partial charge in [-0.25, -0.2) is 8.78 Å². The molecule has 1 rings (SSSR count). The van der Waals surface area contributed by atoms with Crippen molar-refractivity contribution in [2.45, 2.75) is 12.5 Å². The monoisotopic (exact) mass is 238 g/mol. The van der Waals surface area contributed by atoms with E-state index < -0.39 is 17.4 Å². The quantitative estimate of drug-likeness (QED) is 0.649. The molecule has 15 heavy (non-hydrogen) atoms. The topological polar surface area (TPSA) is 69.2 Å². The number of non-ortho nitro benzene ring substituents is 1. The average Bonchev–Trinajstić information content (AvgIpc) is 2.16. The third kappa shape index (κ3) is 3.41. The number of halogens is 3. The molecule has 0 aromatic heterocycles. The summed E-state index contributed by atoms with van der Waals surface area (Å²) < 4.78 is 24.3. The lowest BCUT2D eigenvalue weighted by molar-refractivity contribution is -0.384. The van der Waals surface area contributed by atoms with Gasteiger partial charge in [-0.1, -0.05) is 12.1 Å². The second-order valence-electron chi connectivity index (χ2n) is 2.71. The fraction of sp³-hybridized carbons (Fsp3) is 0.250. The van der Waals surface area contributed by atoms with Crippen LogP contribution >= 0.6 is 12.4 Å². The number of nitrogens with zero attached hydrogens (tertiary/aromatic N) is 1. The Morgan fingerprint density at radius 3 is 2.47 bits per heavy atom. The van der Waals surface area contributed by atoms with E-state index in [1.807, 2.05) is 0 Å². The lowest BCUT2D eigenvalue weighted by atomic mass is 10.1. The van der Waals surface area contributed by atoms with Crippen molar-refractivity contribution in [2.24, 2.45) is 5.73 Å². The summed E-state index contributed by atoms with van der Waals surface area (Å²) in [6.45, 7) is 0. The summed E-state index contributed by atoms with van der Waals surface area (Å²) in [5.41, 5.74) is 4.96. The van der Waals surface area contributed by atoms with E-state index in [9.17, 15) is 18.9 Å². The van der Waals surface area contributed by atoms with Crippen molar-refractivity contribution < 1.29 is 13.7 Å². The van der Waals surface area contributed by atoms with Crippen LogP contribution in [0.1, 0.15) is 11.6 Å². The van der Waals surface area contributed by atoms with Gasteiger partial charge in [0.05, 0.1) is 11.0 Å². The zero-order valence-corrected chi connectivity index (χ0v) is 8.29. The summed E-state index contributed by atoms with van der Waals surface area (Å²) in [4.78, 5) is 9.67. The van der Waals surface area contributed by atoms with Crippen LogP contribution in [-0.2, 0) is 0 Å². The van der Waals surface area contributed by atoms with Crippen molar-refractivity contribution >= 4 is 18.1 Å². The highest BCUT2D eigenvalue weighted by Gasteiger charge is 2.19. The smallest absolute Gasteiger partial charge is 0.269 e. The van der Waals surface area contributed by atoms with Gasteiger partial charge in [0, 0.05) is 12.1 Å². The summed E-state index contributed by atoms with van der Waals surface area (Å²) >= 11 is 0. The van der Waals surface area contributed by atoms with Gasteiger partial charge in [-0.15, -0.1) is 12.4 Å². The first-order chi connectivity index (χ1) is 6.52. The first kappa shape index (κ1) is 13.7. The Morgan fingerprint density at radius 2 is 2.00 bits per heavy atom. The van der Waals surface area contributed by atoms with Crippen molar-refractivity contribution in [3.05, 3.63) is 39.9 Å².